The van der Waals surface area contributed by atoms with Gasteiger partial charge in [0.15, 0.2) is 0 Å². The fourth-order valence-corrected chi connectivity index (χ4v) is 2.45. The highest BCUT2D eigenvalue weighted by atomic mass is 35.5. The molecule has 1 amide bonds. The van der Waals surface area contributed by atoms with E-state index < -0.39 is 17.6 Å². The SMILES string of the molecule is CCCC(C)(CO)[C@@H](NC(=O)O)c1ccc(Cl)cc1. The van der Waals surface area contributed by atoms with Crippen molar-refractivity contribution in [2.45, 2.75) is 32.7 Å². The van der Waals surface area contributed by atoms with Gasteiger partial charge in [0, 0.05) is 10.4 Å². The van der Waals surface area contributed by atoms with Crippen LogP contribution in [-0.4, -0.2) is 22.9 Å². The van der Waals surface area contributed by atoms with Gasteiger partial charge in [-0.05, 0) is 24.1 Å². The number of hydrogen-bond acceptors (Lipinski definition) is 2. The highest BCUT2D eigenvalue weighted by Crippen LogP contribution is 2.37. The largest absolute Gasteiger partial charge is 0.465 e. The Morgan fingerprint density at radius 2 is 2.00 bits per heavy atom. The molecule has 5 heteroatoms. The molecule has 0 fully saturated rings. The Balaban J connectivity index is 3.12. The van der Waals surface area contributed by atoms with Crippen LogP contribution in [0, 0.1) is 5.41 Å². The zero-order valence-electron chi connectivity index (χ0n) is 11.2. The molecule has 4 nitrogen and oxygen atoms in total. The molecule has 0 aromatic heterocycles. The van der Waals surface area contributed by atoms with Gasteiger partial charge in [0.2, 0.25) is 0 Å². The second-order valence-corrected chi connectivity index (χ2v) is 5.43. The molecule has 0 radical (unpaired) electrons. The number of nitrogens with one attached hydrogen (secondary N) is 1. The summed E-state index contributed by atoms with van der Waals surface area (Å²) >= 11 is 5.85. The third-order valence-electron chi connectivity index (χ3n) is 3.35. The Morgan fingerprint density at radius 1 is 1.42 bits per heavy atom. The lowest BCUT2D eigenvalue weighted by Gasteiger charge is -2.36. The van der Waals surface area contributed by atoms with Gasteiger partial charge in [-0.1, -0.05) is 44.0 Å². The molecule has 0 heterocycles. The molecule has 106 valence electrons. The van der Waals surface area contributed by atoms with Crippen LogP contribution in [0.2, 0.25) is 5.02 Å². The minimum Gasteiger partial charge on any atom is -0.465 e. The van der Waals surface area contributed by atoms with Crippen molar-refractivity contribution < 1.29 is 15.0 Å². The van der Waals surface area contributed by atoms with Gasteiger partial charge in [0.1, 0.15) is 0 Å². The maximum Gasteiger partial charge on any atom is 0.405 e. The summed E-state index contributed by atoms with van der Waals surface area (Å²) in [7, 11) is 0. The summed E-state index contributed by atoms with van der Waals surface area (Å²) in [5, 5.41) is 21.8. The van der Waals surface area contributed by atoms with E-state index in [1.54, 1.807) is 24.3 Å². The molecular formula is C14H20ClNO3. The van der Waals surface area contributed by atoms with Crippen LogP contribution in [0.25, 0.3) is 0 Å². The third kappa shape index (κ3) is 4.11. The number of halogens is 1. The molecular weight excluding hydrogens is 266 g/mol. The number of hydrogen-bond donors (Lipinski definition) is 3. The average molecular weight is 286 g/mol. The van der Waals surface area contributed by atoms with Crippen molar-refractivity contribution in [2.24, 2.45) is 5.41 Å². The normalized spacial score (nSPS) is 15.6. The van der Waals surface area contributed by atoms with Crippen LogP contribution < -0.4 is 5.32 Å². The number of rotatable bonds is 6. The van der Waals surface area contributed by atoms with Crippen LogP contribution in [0.3, 0.4) is 0 Å². The average Bonchev–Trinajstić information content (AvgIpc) is 2.37. The van der Waals surface area contributed by atoms with E-state index in [4.69, 9.17) is 16.7 Å². The Hall–Kier alpha value is -1.26. The minimum absolute atomic E-state index is 0.0889. The monoisotopic (exact) mass is 285 g/mol. The quantitative estimate of drug-likeness (QED) is 0.750. The number of amides is 1. The van der Waals surface area contributed by atoms with E-state index >= 15 is 0 Å². The van der Waals surface area contributed by atoms with Gasteiger partial charge < -0.3 is 15.5 Å². The van der Waals surface area contributed by atoms with Gasteiger partial charge in [0.05, 0.1) is 12.6 Å². The first kappa shape index (κ1) is 15.8. The molecule has 1 aromatic rings. The highest BCUT2D eigenvalue weighted by Gasteiger charge is 2.35. The molecule has 3 N–H and O–H groups in total. The summed E-state index contributed by atoms with van der Waals surface area (Å²) in [6.45, 7) is 3.80. The molecule has 2 atom stereocenters. The van der Waals surface area contributed by atoms with Gasteiger partial charge in [-0.25, -0.2) is 4.79 Å². The van der Waals surface area contributed by atoms with Crippen LogP contribution in [0.15, 0.2) is 24.3 Å². The van der Waals surface area contributed by atoms with Crippen molar-refractivity contribution >= 4 is 17.7 Å². The van der Waals surface area contributed by atoms with E-state index in [2.05, 4.69) is 5.32 Å². The van der Waals surface area contributed by atoms with Crippen molar-refractivity contribution in [1.82, 2.24) is 5.32 Å². The summed E-state index contributed by atoms with van der Waals surface area (Å²) in [6.07, 6.45) is 0.482. The molecule has 1 aromatic carbocycles. The summed E-state index contributed by atoms with van der Waals surface area (Å²) in [6, 6.07) is 6.54. The lowest BCUT2D eigenvalue weighted by atomic mass is 9.76. The Bertz CT molecular complexity index is 421. The van der Waals surface area contributed by atoms with Crippen molar-refractivity contribution in [3.05, 3.63) is 34.9 Å². The first-order chi connectivity index (χ1) is 8.92. The van der Waals surface area contributed by atoms with Crippen molar-refractivity contribution in [3.63, 3.8) is 0 Å². The number of carboxylic acid groups (broad SMARTS) is 1. The van der Waals surface area contributed by atoms with Gasteiger partial charge in [-0.15, -0.1) is 0 Å². The molecule has 1 rings (SSSR count). The Labute approximate surface area is 118 Å². The molecule has 0 bridgehead atoms. The molecule has 0 spiro atoms. The first-order valence-electron chi connectivity index (χ1n) is 6.28. The Kier molecular flexibility index (Phi) is 5.63. The second kappa shape index (κ2) is 6.78. The van der Waals surface area contributed by atoms with Gasteiger partial charge in [-0.2, -0.15) is 0 Å². The van der Waals surface area contributed by atoms with Crippen LogP contribution in [0.5, 0.6) is 0 Å². The summed E-state index contributed by atoms with van der Waals surface area (Å²) in [5.41, 5.74) is 0.262. The predicted octanol–water partition coefficient (Wildman–Crippen LogP) is 3.45. The highest BCUT2D eigenvalue weighted by molar-refractivity contribution is 6.30. The lowest BCUT2D eigenvalue weighted by Crippen LogP contribution is -2.41. The molecule has 0 saturated heterocycles. The first-order valence-corrected chi connectivity index (χ1v) is 6.66. The predicted molar refractivity (Wildman–Crippen MR) is 75.5 cm³/mol. The van der Waals surface area contributed by atoms with E-state index in [0.717, 1.165) is 18.4 Å². The third-order valence-corrected chi connectivity index (χ3v) is 3.60. The van der Waals surface area contributed by atoms with Gasteiger partial charge in [-0.3, -0.25) is 0 Å². The fraction of sp³-hybridized carbons (Fsp3) is 0.500. The van der Waals surface area contributed by atoms with Crippen molar-refractivity contribution in [1.29, 1.82) is 0 Å². The van der Waals surface area contributed by atoms with E-state index in [1.165, 1.54) is 0 Å². The Morgan fingerprint density at radius 3 is 2.42 bits per heavy atom. The summed E-state index contributed by atoms with van der Waals surface area (Å²) in [4.78, 5) is 11.0. The van der Waals surface area contributed by atoms with Crippen LogP contribution in [0.1, 0.15) is 38.3 Å². The van der Waals surface area contributed by atoms with E-state index in [9.17, 15) is 9.90 Å². The number of aliphatic hydroxyl groups is 1. The maximum absolute atomic E-state index is 11.0. The van der Waals surface area contributed by atoms with Crippen molar-refractivity contribution in [2.75, 3.05) is 6.61 Å². The minimum atomic E-state index is -1.10. The molecule has 0 aliphatic carbocycles. The van der Waals surface area contributed by atoms with E-state index in [-0.39, 0.29) is 6.61 Å². The van der Waals surface area contributed by atoms with Crippen LogP contribution in [0.4, 0.5) is 4.79 Å². The molecule has 19 heavy (non-hydrogen) atoms. The zero-order chi connectivity index (χ0) is 14.5. The topological polar surface area (TPSA) is 69.6 Å². The van der Waals surface area contributed by atoms with E-state index in [1.807, 2.05) is 13.8 Å². The summed E-state index contributed by atoms with van der Waals surface area (Å²) in [5.74, 6) is 0. The zero-order valence-corrected chi connectivity index (χ0v) is 11.9. The fourth-order valence-electron chi connectivity index (χ4n) is 2.32. The smallest absolute Gasteiger partial charge is 0.405 e. The van der Waals surface area contributed by atoms with Crippen LogP contribution >= 0.6 is 11.6 Å². The van der Waals surface area contributed by atoms with E-state index in [0.29, 0.717) is 5.02 Å². The number of carbonyl (C=O) groups is 1. The van der Waals surface area contributed by atoms with Gasteiger partial charge in [0.25, 0.3) is 0 Å². The standard InChI is InChI=1S/C14H20ClNO3/c1-3-8-14(2,9-17)12(16-13(18)19)10-4-6-11(15)7-5-10/h4-7,12,16-17H,3,8-9H2,1-2H3,(H,18,19)/t12-,14?/m0/s1. The number of aliphatic hydroxyl groups excluding tert-OH is 1. The number of benzene rings is 1. The second-order valence-electron chi connectivity index (χ2n) is 5.00. The molecule has 1 unspecified atom stereocenters. The molecule has 0 saturated carbocycles. The van der Waals surface area contributed by atoms with Gasteiger partial charge >= 0.3 is 6.09 Å². The lowest BCUT2D eigenvalue weighted by molar-refractivity contribution is 0.0853. The maximum atomic E-state index is 11.0. The summed E-state index contributed by atoms with van der Waals surface area (Å²) < 4.78 is 0. The van der Waals surface area contributed by atoms with Crippen LogP contribution in [-0.2, 0) is 0 Å². The van der Waals surface area contributed by atoms with Crippen molar-refractivity contribution in [3.8, 4) is 0 Å². The molecule has 0 aliphatic rings. The molecule has 0 aliphatic heterocycles.